The molecule has 0 aliphatic heterocycles. The van der Waals surface area contributed by atoms with Crippen molar-refractivity contribution in [3.05, 3.63) is 78.4 Å². The van der Waals surface area contributed by atoms with Gasteiger partial charge in [-0.05, 0) is 52.2 Å². The first-order valence-corrected chi connectivity index (χ1v) is 9.48. The summed E-state index contributed by atoms with van der Waals surface area (Å²) in [6, 6.07) is 16.1. The summed E-state index contributed by atoms with van der Waals surface area (Å²) in [6.07, 6.45) is 3.79. The lowest BCUT2D eigenvalue weighted by Crippen LogP contribution is -2.29. The fourth-order valence-corrected chi connectivity index (χ4v) is 3.19. The average molecular weight is 402 g/mol. The summed E-state index contributed by atoms with van der Waals surface area (Å²) in [5.41, 5.74) is 3.94. The molecule has 0 radical (unpaired) electrons. The number of aromatic amines is 1. The van der Waals surface area contributed by atoms with Crippen LogP contribution in [0.1, 0.15) is 18.9 Å². The van der Waals surface area contributed by atoms with Crippen molar-refractivity contribution in [1.82, 2.24) is 25.6 Å². The van der Waals surface area contributed by atoms with Crippen LogP contribution in [0, 0.1) is 5.82 Å². The summed E-state index contributed by atoms with van der Waals surface area (Å²) >= 11 is 0. The monoisotopic (exact) mass is 402 g/mol. The summed E-state index contributed by atoms with van der Waals surface area (Å²) in [6.45, 7) is 2.10. The number of nitrogens with zero attached hydrogens (tertiary/aromatic N) is 5. The Kier molecular flexibility index (Phi) is 5.56. The fraction of sp³-hybridized carbons (Fsp3) is 0.136. The number of hydrogen-bond donors (Lipinski definition) is 1. The number of hydrogen-bond acceptors (Lipinski definition) is 5. The van der Waals surface area contributed by atoms with Crippen LogP contribution in [0.5, 0.6) is 0 Å². The minimum atomic E-state index is -0.478. The van der Waals surface area contributed by atoms with E-state index in [9.17, 15) is 9.18 Å². The number of carbonyl (C=O) groups is 1. The van der Waals surface area contributed by atoms with E-state index in [1.165, 1.54) is 12.1 Å². The van der Waals surface area contributed by atoms with Crippen molar-refractivity contribution >= 4 is 11.6 Å². The van der Waals surface area contributed by atoms with Gasteiger partial charge in [0.15, 0.2) is 0 Å². The molecule has 0 fully saturated rings. The molecule has 0 atom stereocenters. The third-order valence-electron chi connectivity index (χ3n) is 4.71. The maximum absolute atomic E-state index is 14.3. The quantitative estimate of drug-likeness (QED) is 0.526. The molecule has 1 amide bonds. The van der Waals surface area contributed by atoms with Gasteiger partial charge in [0.2, 0.25) is 11.7 Å². The maximum Gasteiger partial charge on any atom is 0.227 e. The highest BCUT2D eigenvalue weighted by Crippen LogP contribution is 2.27. The molecule has 2 aromatic carbocycles. The van der Waals surface area contributed by atoms with Crippen LogP contribution in [0.15, 0.2) is 67.0 Å². The molecular weight excluding hydrogens is 383 g/mol. The lowest BCUT2D eigenvalue weighted by molar-refractivity contribution is -0.118. The Morgan fingerprint density at radius 3 is 2.40 bits per heavy atom. The number of halogens is 1. The zero-order valence-electron chi connectivity index (χ0n) is 16.3. The molecule has 7 nitrogen and oxygen atoms in total. The van der Waals surface area contributed by atoms with Crippen molar-refractivity contribution in [3.8, 4) is 22.5 Å². The molecule has 0 bridgehead atoms. The van der Waals surface area contributed by atoms with Crippen LogP contribution in [0.2, 0.25) is 0 Å². The van der Waals surface area contributed by atoms with Crippen LogP contribution >= 0.6 is 0 Å². The molecule has 30 heavy (non-hydrogen) atoms. The van der Waals surface area contributed by atoms with Gasteiger partial charge in [0.05, 0.1) is 6.54 Å². The van der Waals surface area contributed by atoms with Gasteiger partial charge in [0.25, 0.3) is 0 Å². The maximum atomic E-state index is 14.3. The second kappa shape index (κ2) is 8.60. The number of tetrazole rings is 1. The highest BCUT2D eigenvalue weighted by atomic mass is 19.1. The number of amides is 1. The van der Waals surface area contributed by atoms with E-state index < -0.39 is 5.82 Å². The van der Waals surface area contributed by atoms with Crippen LogP contribution in [-0.2, 0) is 11.3 Å². The third kappa shape index (κ3) is 4.22. The lowest BCUT2D eigenvalue weighted by atomic mass is 10.0. The summed E-state index contributed by atoms with van der Waals surface area (Å²) < 4.78 is 14.3. The molecule has 150 valence electrons. The zero-order chi connectivity index (χ0) is 20.9. The lowest BCUT2D eigenvalue weighted by Gasteiger charge is -2.23. The summed E-state index contributed by atoms with van der Waals surface area (Å²) in [4.78, 5) is 18.3. The normalized spacial score (nSPS) is 10.7. The molecule has 2 aromatic heterocycles. The van der Waals surface area contributed by atoms with E-state index in [-0.39, 0.29) is 11.7 Å². The number of H-pyrrole nitrogens is 1. The second-order valence-electron chi connectivity index (χ2n) is 6.70. The van der Waals surface area contributed by atoms with Gasteiger partial charge in [0, 0.05) is 30.1 Å². The largest absolute Gasteiger partial charge is 0.308 e. The van der Waals surface area contributed by atoms with Crippen molar-refractivity contribution in [2.45, 2.75) is 19.9 Å². The topological polar surface area (TPSA) is 87.7 Å². The number of aromatic nitrogens is 5. The van der Waals surface area contributed by atoms with Gasteiger partial charge in [-0.3, -0.25) is 9.78 Å². The Morgan fingerprint density at radius 1 is 1.00 bits per heavy atom. The first-order chi connectivity index (χ1) is 14.6. The predicted octanol–water partition coefficient (Wildman–Crippen LogP) is 4.01. The van der Waals surface area contributed by atoms with Crippen LogP contribution in [0.4, 0.5) is 10.1 Å². The Labute approximate surface area is 172 Å². The summed E-state index contributed by atoms with van der Waals surface area (Å²) in [5.74, 6) is -0.325. The number of benzene rings is 2. The Morgan fingerprint density at radius 2 is 1.73 bits per heavy atom. The van der Waals surface area contributed by atoms with E-state index in [0.29, 0.717) is 24.2 Å². The highest BCUT2D eigenvalue weighted by Gasteiger charge is 2.18. The van der Waals surface area contributed by atoms with Crippen LogP contribution in [0.3, 0.4) is 0 Å². The molecule has 2 heterocycles. The van der Waals surface area contributed by atoms with Crippen molar-refractivity contribution in [1.29, 1.82) is 0 Å². The van der Waals surface area contributed by atoms with Crippen LogP contribution in [-0.4, -0.2) is 31.5 Å². The number of rotatable bonds is 6. The van der Waals surface area contributed by atoms with E-state index in [2.05, 4.69) is 25.6 Å². The first kappa shape index (κ1) is 19.4. The first-order valence-electron chi connectivity index (χ1n) is 9.48. The Bertz CT molecular complexity index is 1130. The van der Waals surface area contributed by atoms with Crippen molar-refractivity contribution in [2.24, 2.45) is 0 Å². The third-order valence-corrected chi connectivity index (χ3v) is 4.71. The Balaban J connectivity index is 1.63. The molecule has 0 aliphatic carbocycles. The minimum absolute atomic E-state index is 0.113. The average Bonchev–Trinajstić information content (AvgIpc) is 3.33. The molecule has 1 N–H and O–H groups in total. The van der Waals surface area contributed by atoms with E-state index in [1.54, 1.807) is 30.3 Å². The van der Waals surface area contributed by atoms with Gasteiger partial charge in [-0.25, -0.2) is 4.39 Å². The smallest absolute Gasteiger partial charge is 0.227 e. The van der Waals surface area contributed by atoms with Crippen molar-refractivity contribution in [2.75, 3.05) is 4.90 Å². The number of carbonyl (C=O) groups excluding carboxylic acids is 1. The van der Waals surface area contributed by atoms with Gasteiger partial charge < -0.3 is 4.90 Å². The van der Waals surface area contributed by atoms with Gasteiger partial charge in [-0.2, -0.15) is 5.21 Å². The fourth-order valence-electron chi connectivity index (χ4n) is 3.19. The molecule has 8 heteroatoms. The van der Waals surface area contributed by atoms with E-state index >= 15 is 0 Å². The number of anilines is 1. The van der Waals surface area contributed by atoms with E-state index in [4.69, 9.17) is 0 Å². The summed E-state index contributed by atoms with van der Waals surface area (Å²) in [7, 11) is 0. The second-order valence-corrected chi connectivity index (χ2v) is 6.70. The minimum Gasteiger partial charge on any atom is -0.308 e. The van der Waals surface area contributed by atoms with Gasteiger partial charge in [-0.15, -0.1) is 10.2 Å². The highest BCUT2D eigenvalue weighted by molar-refractivity contribution is 5.93. The predicted molar refractivity (Wildman–Crippen MR) is 111 cm³/mol. The standard InChI is InChI=1S/C22H19FN6O/c1-2-21(30)29(20-12-18(11-19(23)13-20)22-25-27-28-26-22)14-15-3-5-16(6-4-15)17-7-9-24-10-8-17/h3-13H,2,14H2,1H3,(H,25,26,27,28). The zero-order valence-corrected chi connectivity index (χ0v) is 16.3. The molecule has 4 aromatic rings. The van der Waals surface area contributed by atoms with Crippen LogP contribution < -0.4 is 4.90 Å². The summed E-state index contributed by atoms with van der Waals surface area (Å²) in [5, 5.41) is 13.7. The molecule has 0 saturated heterocycles. The van der Waals surface area contributed by atoms with Crippen molar-refractivity contribution < 1.29 is 9.18 Å². The molecule has 0 unspecified atom stereocenters. The van der Waals surface area contributed by atoms with E-state index in [1.807, 2.05) is 36.4 Å². The molecular formula is C22H19FN6O. The molecule has 0 spiro atoms. The number of nitrogens with one attached hydrogen (secondary N) is 1. The van der Waals surface area contributed by atoms with Gasteiger partial charge in [0.1, 0.15) is 5.82 Å². The van der Waals surface area contributed by atoms with Crippen molar-refractivity contribution in [3.63, 3.8) is 0 Å². The number of pyridine rings is 1. The van der Waals surface area contributed by atoms with Crippen LogP contribution in [0.25, 0.3) is 22.5 Å². The molecule has 0 saturated carbocycles. The van der Waals surface area contributed by atoms with Gasteiger partial charge >= 0.3 is 0 Å². The molecule has 0 aliphatic rings. The molecule has 4 rings (SSSR count). The van der Waals surface area contributed by atoms with E-state index in [0.717, 1.165) is 16.7 Å². The SMILES string of the molecule is CCC(=O)N(Cc1ccc(-c2ccncc2)cc1)c1cc(F)cc(-c2nn[nH]n2)c1. The van der Waals surface area contributed by atoms with Gasteiger partial charge in [-0.1, -0.05) is 31.2 Å². The Hall–Kier alpha value is -3.94.